The molecule has 0 radical (unpaired) electrons. The van der Waals surface area contributed by atoms with Gasteiger partial charge in [-0.05, 0) is 25.8 Å². The van der Waals surface area contributed by atoms with E-state index in [1.807, 2.05) is 12.1 Å². The zero-order chi connectivity index (χ0) is 14.0. The van der Waals surface area contributed by atoms with Gasteiger partial charge in [0.2, 0.25) is 0 Å². The van der Waals surface area contributed by atoms with Gasteiger partial charge in [0.15, 0.2) is 0 Å². The molecule has 3 nitrogen and oxygen atoms in total. The predicted octanol–water partition coefficient (Wildman–Crippen LogP) is 4.36. The number of hydrogen-bond acceptors (Lipinski definition) is 3. The molecule has 0 aromatic heterocycles. The molecule has 0 N–H and O–H groups in total. The van der Waals surface area contributed by atoms with Crippen LogP contribution in [0.2, 0.25) is 5.02 Å². The van der Waals surface area contributed by atoms with Crippen molar-refractivity contribution in [3.05, 3.63) is 22.7 Å². The Hall–Kier alpha value is -0.450. The number of benzene rings is 1. The van der Waals surface area contributed by atoms with Gasteiger partial charge in [-0.2, -0.15) is 0 Å². The van der Waals surface area contributed by atoms with E-state index >= 15 is 0 Å². The van der Waals surface area contributed by atoms with Crippen LogP contribution in [0, 0.1) is 0 Å². The van der Waals surface area contributed by atoms with Gasteiger partial charge in [0.25, 0.3) is 0 Å². The van der Waals surface area contributed by atoms with E-state index in [2.05, 4.69) is 22.9 Å². The zero-order valence-electron chi connectivity index (χ0n) is 11.3. The maximum absolute atomic E-state index is 6.30. The summed E-state index contributed by atoms with van der Waals surface area (Å²) in [6.45, 7) is 2.90. The van der Waals surface area contributed by atoms with E-state index in [0.29, 0.717) is 16.5 Å². The van der Waals surface area contributed by atoms with E-state index < -0.39 is 0 Å². The number of methoxy groups -OCH3 is 2. The summed E-state index contributed by atoms with van der Waals surface area (Å²) in [5.41, 5.74) is 0.753. The highest BCUT2D eigenvalue weighted by atomic mass is 79.9. The van der Waals surface area contributed by atoms with Crippen LogP contribution in [0.1, 0.15) is 30.2 Å². The van der Waals surface area contributed by atoms with Crippen LogP contribution in [0.25, 0.3) is 0 Å². The van der Waals surface area contributed by atoms with Gasteiger partial charge in [0.1, 0.15) is 16.5 Å². The summed E-state index contributed by atoms with van der Waals surface area (Å²) >= 11 is 10.0. The summed E-state index contributed by atoms with van der Waals surface area (Å²) in [7, 11) is 3.20. The first-order valence-electron chi connectivity index (χ1n) is 6.22. The molecule has 0 saturated carbocycles. The van der Waals surface area contributed by atoms with Gasteiger partial charge in [-0.15, -0.1) is 0 Å². The largest absolute Gasteiger partial charge is 0.495 e. The molecule has 5 heteroatoms. The minimum atomic E-state index is -0.231. The van der Waals surface area contributed by atoms with Crippen LogP contribution in [-0.2, 0) is 4.74 Å². The summed E-state index contributed by atoms with van der Waals surface area (Å²) in [6.07, 6.45) is 2.08. The number of alkyl halides is 1. The molecule has 19 heavy (non-hydrogen) atoms. The average molecular weight is 350 g/mol. The third-order valence-corrected chi connectivity index (χ3v) is 5.39. The molecule has 1 aliphatic heterocycles. The lowest BCUT2D eigenvalue weighted by Crippen LogP contribution is -2.28. The first-order valence-corrected chi connectivity index (χ1v) is 7.51. The van der Waals surface area contributed by atoms with E-state index in [9.17, 15) is 0 Å². The Bertz CT molecular complexity index is 458. The van der Waals surface area contributed by atoms with Crippen LogP contribution in [-0.4, -0.2) is 26.4 Å². The Kier molecular flexibility index (Phi) is 4.64. The summed E-state index contributed by atoms with van der Waals surface area (Å²) < 4.78 is 16.5. The van der Waals surface area contributed by atoms with Crippen LogP contribution < -0.4 is 9.47 Å². The minimum absolute atomic E-state index is 0.0286. The molecular weight excluding hydrogens is 332 g/mol. The van der Waals surface area contributed by atoms with Gasteiger partial charge in [0, 0.05) is 12.2 Å². The highest BCUT2D eigenvalue weighted by Crippen LogP contribution is 2.49. The fourth-order valence-corrected chi connectivity index (χ4v) is 3.50. The lowest BCUT2D eigenvalue weighted by atomic mass is 9.93. The quantitative estimate of drug-likeness (QED) is 0.756. The number of rotatable bonds is 4. The van der Waals surface area contributed by atoms with Gasteiger partial charge in [-0.25, -0.2) is 0 Å². The van der Waals surface area contributed by atoms with Gasteiger partial charge in [-0.1, -0.05) is 33.6 Å². The summed E-state index contributed by atoms with van der Waals surface area (Å²) in [6, 6.07) is 3.82. The average Bonchev–Trinajstić information content (AvgIpc) is 2.85. The normalized spacial score (nSPS) is 24.3. The van der Waals surface area contributed by atoms with Gasteiger partial charge in [0.05, 0.1) is 24.6 Å². The second-order valence-electron chi connectivity index (χ2n) is 4.83. The first-order chi connectivity index (χ1) is 9.03. The van der Waals surface area contributed by atoms with Crippen LogP contribution in [0.5, 0.6) is 11.5 Å². The van der Waals surface area contributed by atoms with Gasteiger partial charge >= 0.3 is 0 Å². The third kappa shape index (κ3) is 2.71. The van der Waals surface area contributed by atoms with Crippen molar-refractivity contribution < 1.29 is 14.2 Å². The Morgan fingerprint density at radius 2 is 2.11 bits per heavy atom. The molecule has 1 heterocycles. The topological polar surface area (TPSA) is 27.7 Å². The Morgan fingerprint density at radius 3 is 2.63 bits per heavy atom. The molecule has 2 atom stereocenters. The maximum Gasteiger partial charge on any atom is 0.145 e. The molecule has 1 saturated heterocycles. The lowest BCUT2D eigenvalue weighted by molar-refractivity contribution is 0.0193. The van der Waals surface area contributed by atoms with E-state index in [-0.39, 0.29) is 10.4 Å². The highest BCUT2D eigenvalue weighted by Gasteiger charge is 2.39. The maximum atomic E-state index is 6.30. The molecule has 0 spiro atoms. The molecule has 2 unspecified atom stereocenters. The summed E-state index contributed by atoms with van der Waals surface area (Å²) in [5, 5.41) is 0.494. The number of halogens is 2. The van der Waals surface area contributed by atoms with Crippen molar-refractivity contribution >= 4 is 27.5 Å². The van der Waals surface area contributed by atoms with E-state index in [4.69, 9.17) is 25.8 Å². The molecule has 0 aliphatic carbocycles. The van der Waals surface area contributed by atoms with Crippen molar-refractivity contribution in [3.63, 3.8) is 0 Å². The predicted molar refractivity (Wildman–Crippen MR) is 79.8 cm³/mol. The Labute approximate surface area is 127 Å². The SMILES string of the molecule is COc1ccc(C(Br)C2(C)CCCO2)c(OC)c1Cl. The van der Waals surface area contributed by atoms with Gasteiger partial charge in [-0.3, -0.25) is 0 Å². The minimum Gasteiger partial charge on any atom is -0.495 e. The summed E-state index contributed by atoms with van der Waals surface area (Å²) in [5.74, 6) is 1.25. The van der Waals surface area contributed by atoms with Crippen molar-refractivity contribution in [3.8, 4) is 11.5 Å². The Morgan fingerprint density at radius 1 is 1.37 bits per heavy atom. The lowest BCUT2D eigenvalue weighted by Gasteiger charge is -2.30. The molecule has 1 fully saturated rings. The fraction of sp³-hybridized carbons (Fsp3) is 0.571. The van der Waals surface area contributed by atoms with Crippen molar-refractivity contribution in [2.45, 2.75) is 30.2 Å². The zero-order valence-corrected chi connectivity index (χ0v) is 13.7. The molecule has 1 aromatic carbocycles. The smallest absolute Gasteiger partial charge is 0.145 e. The first kappa shape index (κ1) is 14.9. The van der Waals surface area contributed by atoms with Crippen LogP contribution >= 0.6 is 27.5 Å². The van der Waals surface area contributed by atoms with Crippen molar-refractivity contribution in [2.24, 2.45) is 0 Å². The van der Waals surface area contributed by atoms with Crippen LogP contribution in [0.3, 0.4) is 0 Å². The fourth-order valence-electron chi connectivity index (χ4n) is 2.45. The van der Waals surface area contributed by atoms with Crippen LogP contribution in [0.4, 0.5) is 0 Å². The molecule has 106 valence electrons. The number of hydrogen-bond donors (Lipinski definition) is 0. The van der Waals surface area contributed by atoms with Crippen LogP contribution in [0.15, 0.2) is 12.1 Å². The summed E-state index contributed by atoms with van der Waals surface area (Å²) in [4.78, 5) is 0.0286. The van der Waals surface area contributed by atoms with Crippen molar-refractivity contribution in [1.82, 2.24) is 0 Å². The molecule has 0 bridgehead atoms. The monoisotopic (exact) mass is 348 g/mol. The standard InChI is InChI=1S/C14H18BrClO3/c1-14(7-4-8-19-14)13(15)9-5-6-10(17-2)11(16)12(9)18-3/h5-6,13H,4,7-8H2,1-3H3. The third-order valence-electron chi connectivity index (χ3n) is 3.57. The Balaban J connectivity index is 2.41. The number of ether oxygens (including phenoxy) is 3. The van der Waals surface area contributed by atoms with E-state index in [0.717, 1.165) is 25.0 Å². The molecule has 1 aliphatic rings. The molecule has 0 amide bonds. The van der Waals surface area contributed by atoms with E-state index in [1.165, 1.54) is 0 Å². The van der Waals surface area contributed by atoms with Crippen molar-refractivity contribution in [2.75, 3.05) is 20.8 Å². The van der Waals surface area contributed by atoms with E-state index in [1.54, 1.807) is 14.2 Å². The second-order valence-corrected chi connectivity index (χ2v) is 6.13. The molecule has 1 aromatic rings. The highest BCUT2D eigenvalue weighted by molar-refractivity contribution is 9.09. The molecular formula is C14H18BrClO3. The van der Waals surface area contributed by atoms with Gasteiger partial charge < -0.3 is 14.2 Å². The molecule has 2 rings (SSSR count). The second kappa shape index (κ2) is 5.90. The van der Waals surface area contributed by atoms with Crippen molar-refractivity contribution in [1.29, 1.82) is 0 Å².